The fourth-order valence-corrected chi connectivity index (χ4v) is 4.22. The van der Waals surface area contributed by atoms with Crippen molar-refractivity contribution in [2.45, 2.75) is 38.0 Å². The van der Waals surface area contributed by atoms with E-state index in [1.807, 2.05) is 20.8 Å². The van der Waals surface area contributed by atoms with Crippen LogP contribution in [0, 0.1) is 0 Å². The second-order valence-electron chi connectivity index (χ2n) is 9.21. The maximum Gasteiger partial charge on any atom is 0.513 e. The van der Waals surface area contributed by atoms with Crippen LogP contribution < -0.4 is 23.7 Å². The van der Waals surface area contributed by atoms with E-state index in [4.69, 9.17) is 24.1 Å². The normalized spacial score (nSPS) is 11.3. The smallest absolute Gasteiger partial charge is 0.497 e. The van der Waals surface area contributed by atoms with Crippen LogP contribution in [0.2, 0.25) is 0 Å². The standard InChI is InChI=1S/C26H29N3O10S/c1-16(30)36-13-14-37-23-21(38-19-8-6-7-18(15-19)35-5)22(27-24(28-23)39-25(31)32)29-40(33,34)20-11-9-17(10-12-20)26(2,3)4/h6-12,15H,13-14H2,1-5H3,(H,31,32)(H,27,28,29). The van der Waals surface area contributed by atoms with Crippen molar-refractivity contribution >= 4 is 28.0 Å². The third-order valence-electron chi connectivity index (χ3n) is 5.14. The van der Waals surface area contributed by atoms with Gasteiger partial charge in [0.25, 0.3) is 15.9 Å². The van der Waals surface area contributed by atoms with Crippen LogP contribution in [0.25, 0.3) is 0 Å². The Morgan fingerprint density at radius 1 is 1.00 bits per heavy atom. The minimum Gasteiger partial charge on any atom is -0.497 e. The summed E-state index contributed by atoms with van der Waals surface area (Å²) in [4.78, 5) is 30.0. The zero-order chi connectivity index (χ0) is 29.5. The Labute approximate surface area is 231 Å². The molecule has 0 amide bonds. The highest BCUT2D eigenvalue weighted by atomic mass is 32.2. The monoisotopic (exact) mass is 575 g/mol. The first-order chi connectivity index (χ1) is 18.8. The number of nitrogens with zero attached hydrogens (tertiary/aromatic N) is 2. The highest BCUT2D eigenvalue weighted by Crippen LogP contribution is 2.39. The number of hydrogen-bond donors (Lipinski definition) is 2. The summed E-state index contributed by atoms with van der Waals surface area (Å²) >= 11 is 0. The van der Waals surface area contributed by atoms with Crippen LogP contribution in [0.4, 0.5) is 10.6 Å². The molecular formula is C26H29N3O10S. The number of carbonyl (C=O) groups excluding carboxylic acids is 1. The lowest BCUT2D eigenvalue weighted by molar-refractivity contribution is -0.141. The molecule has 0 aliphatic carbocycles. The molecule has 0 fully saturated rings. The average molecular weight is 576 g/mol. The van der Waals surface area contributed by atoms with E-state index >= 15 is 0 Å². The first-order valence-electron chi connectivity index (χ1n) is 11.8. The maximum atomic E-state index is 13.3. The number of benzene rings is 2. The van der Waals surface area contributed by atoms with Gasteiger partial charge in [-0.2, -0.15) is 9.97 Å². The van der Waals surface area contributed by atoms with Gasteiger partial charge in [-0.15, -0.1) is 0 Å². The molecule has 0 spiro atoms. The predicted octanol–water partition coefficient (Wildman–Crippen LogP) is 4.37. The molecule has 214 valence electrons. The summed E-state index contributed by atoms with van der Waals surface area (Å²) in [7, 11) is -2.82. The van der Waals surface area contributed by atoms with E-state index in [2.05, 4.69) is 19.4 Å². The minimum atomic E-state index is -4.27. The largest absolute Gasteiger partial charge is 0.513 e. The number of sulfonamides is 1. The van der Waals surface area contributed by atoms with Gasteiger partial charge in [-0.05, 0) is 35.2 Å². The number of carbonyl (C=O) groups is 2. The van der Waals surface area contributed by atoms with E-state index in [0.29, 0.717) is 5.75 Å². The van der Waals surface area contributed by atoms with Crippen molar-refractivity contribution in [3.63, 3.8) is 0 Å². The van der Waals surface area contributed by atoms with Gasteiger partial charge in [0.05, 0.1) is 12.0 Å². The second-order valence-corrected chi connectivity index (χ2v) is 10.9. The predicted molar refractivity (Wildman–Crippen MR) is 142 cm³/mol. The van der Waals surface area contributed by atoms with Gasteiger partial charge in [0.1, 0.15) is 24.7 Å². The summed E-state index contributed by atoms with van der Waals surface area (Å²) in [6.07, 6.45) is -1.75. The number of methoxy groups -OCH3 is 1. The van der Waals surface area contributed by atoms with Gasteiger partial charge in [-0.3, -0.25) is 9.52 Å². The molecule has 0 saturated carbocycles. The highest BCUT2D eigenvalue weighted by molar-refractivity contribution is 7.92. The SMILES string of the molecule is COc1cccc(Oc2c(NS(=O)(=O)c3ccc(C(C)(C)C)cc3)nc(OC(=O)O)nc2OCCOC(C)=O)c1. The van der Waals surface area contributed by atoms with Crippen LogP contribution in [-0.4, -0.2) is 55.9 Å². The molecule has 2 aromatic carbocycles. The number of esters is 1. The fraction of sp³-hybridized carbons (Fsp3) is 0.308. The second kappa shape index (κ2) is 12.5. The molecule has 1 heterocycles. The molecule has 0 aliphatic rings. The lowest BCUT2D eigenvalue weighted by Crippen LogP contribution is -2.18. The summed E-state index contributed by atoms with van der Waals surface area (Å²) in [5.41, 5.74) is 0.706. The molecule has 13 nitrogen and oxygen atoms in total. The Bertz CT molecular complexity index is 1470. The molecule has 0 saturated heterocycles. The van der Waals surface area contributed by atoms with E-state index in [1.54, 1.807) is 30.3 Å². The Balaban J connectivity index is 2.09. The topological polar surface area (TPSA) is 172 Å². The van der Waals surface area contributed by atoms with Gasteiger partial charge < -0.3 is 28.8 Å². The first-order valence-corrected chi connectivity index (χ1v) is 13.3. The number of ether oxygens (including phenoxy) is 5. The van der Waals surface area contributed by atoms with E-state index in [0.717, 1.165) is 5.56 Å². The third-order valence-corrected chi connectivity index (χ3v) is 6.50. The summed E-state index contributed by atoms with van der Waals surface area (Å²) in [6.45, 7) is 6.76. The first kappa shape index (κ1) is 30.0. The molecule has 0 bridgehead atoms. The molecule has 0 atom stereocenters. The van der Waals surface area contributed by atoms with Crippen molar-refractivity contribution in [3.8, 4) is 29.1 Å². The average Bonchev–Trinajstić information content (AvgIpc) is 2.87. The maximum absolute atomic E-state index is 13.3. The molecule has 2 N–H and O–H groups in total. The lowest BCUT2D eigenvalue weighted by atomic mass is 9.87. The summed E-state index contributed by atoms with van der Waals surface area (Å²) in [6, 6.07) is 11.8. The zero-order valence-corrected chi connectivity index (χ0v) is 23.3. The molecular weight excluding hydrogens is 546 g/mol. The van der Waals surface area contributed by atoms with Crippen molar-refractivity contribution in [1.29, 1.82) is 0 Å². The van der Waals surface area contributed by atoms with Gasteiger partial charge in [0, 0.05) is 13.0 Å². The molecule has 40 heavy (non-hydrogen) atoms. The Kier molecular flexibility index (Phi) is 9.37. The van der Waals surface area contributed by atoms with Crippen molar-refractivity contribution < 1.29 is 46.8 Å². The number of carboxylic acid groups (broad SMARTS) is 1. The van der Waals surface area contributed by atoms with E-state index in [1.165, 1.54) is 32.2 Å². The van der Waals surface area contributed by atoms with Crippen LogP contribution in [0.5, 0.6) is 29.1 Å². The Morgan fingerprint density at radius 2 is 1.68 bits per heavy atom. The van der Waals surface area contributed by atoms with Gasteiger partial charge in [-0.1, -0.05) is 39.0 Å². The summed E-state index contributed by atoms with van der Waals surface area (Å²) in [5.74, 6) is -1.11. The van der Waals surface area contributed by atoms with Crippen LogP contribution in [-0.2, 0) is 25.0 Å². The highest BCUT2D eigenvalue weighted by Gasteiger charge is 2.26. The van der Waals surface area contributed by atoms with Crippen LogP contribution in [0.15, 0.2) is 53.4 Å². The third kappa shape index (κ3) is 8.20. The minimum absolute atomic E-state index is 0.0931. The van der Waals surface area contributed by atoms with E-state index < -0.39 is 34.0 Å². The number of rotatable bonds is 11. The molecule has 1 aromatic heterocycles. The number of nitrogens with one attached hydrogen (secondary N) is 1. The van der Waals surface area contributed by atoms with Crippen molar-refractivity contribution in [2.75, 3.05) is 25.0 Å². The van der Waals surface area contributed by atoms with Gasteiger partial charge in [-0.25, -0.2) is 13.2 Å². The molecule has 14 heteroatoms. The van der Waals surface area contributed by atoms with Gasteiger partial charge in [0.15, 0.2) is 5.82 Å². The van der Waals surface area contributed by atoms with Crippen LogP contribution >= 0.6 is 0 Å². The lowest BCUT2D eigenvalue weighted by Gasteiger charge is -2.19. The molecule has 3 aromatic rings. The van der Waals surface area contributed by atoms with Crippen LogP contribution in [0.1, 0.15) is 33.3 Å². The fourth-order valence-electron chi connectivity index (χ4n) is 3.22. The van der Waals surface area contributed by atoms with Crippen molar-refractivity contribution in [1.82, 2.24) is 9.97 Å². The van der Waals surface area contributed by atoms with E-state index in [9.17, 15) is 18.0 Å². The molecule has 0 aliphatic heterocycles. The van der Waals surface area contributed by atoms with Gasteiger partial charge in [0.2, 0.25) is 5.75 Å². The van der Waals surface area contributed by atoms with Gasteiger partial charge >= 0.3 is 18.1 Å². The molecule has 3 rings (SSSR count). The van der Waals surface area contributed by atoms with Crippen molar-refractivity contribution in [2.24, 2.45) is 0 Å². The molecule has 0 unspecified atom stereocenters. The quantitative estimate of drug-likeness (QED) is 0.244. The number of hydrogen-bond acceptors (Lipinski definition) is 11. The Hall–Kier alpha value is -4.59. The summed E-state index contributed by atoms with van der Waals surface area (Å²) in [5, 5.41) is 9.10. The summed E-state index contributed by atoms with van der Waals surface area (Å²) < 4.78 is 55.1. The zero-order valence-electron chi connectivity index (χ0n) is 22.5. The van der Waals surface area contributed by atoms with Crippen LogP contribution in [0.3, 0.4) is 0 Å². The number of aromatic nitrogens is 2. The van der Waals surface area contributed by atoms with E-state index in [-0.39, 0.29) is 40.9 Å². The van der Waals surface area contributed by atoms with Crippen molar-refractivity contribution in [3.05, 3.63) is 54.1 Å². The Morgan fingerprint density at radius 3 is 2.27 bits per heavy atom. The molecule has 0 radical (unpaired) electrons. The number of anilines is 1.